The molecule has 1 fully saturated rings. The second-order valence-corrected chi connectivity index (χ2v) is 8.41. The molecule has 0 saturated heterocycles. The second-order valence-electron chi connectivity index (χ2n) is 6.29. The summed E-state index contributed by atoms with van der Waals surface area (Å²) >= 11 is 0. The van der Waals surface area contributed by atoms with Gasteiger partial charge in [0.25, 0.3) is 0 Å². The molecular weight excluding hydrogens is 332 g/mol. The lowest BCUT2D eigenvalue weighted by molar-refractivity contribution is -0.157. The predicted octanol–water partition coefficient (Wildman–Crippen LogP) is 1.20. The molecule has 0 heterocycles. The Kier molecular flexibility index (Phi) is 5.29. The number of carboxylic acids is 1. The normalized spacial score (nSPS) is 16.5. The third-order valence-electron chi connectivity index (χ3n) is 4.47. The first-order chi connectivity index (χ1) is 11.2. The van der Waals surface area contributed by atoms with Crippen LogP contribution in [-0.2, 0) is 26.2 Å². The first kappa shape index (κ1) is 18.4. The summed E-state index contributed by atoms with van der Waals surface area (Å²) < 4.78 is 25.7. The van der Waals surface area contributed by atoms with Crippen LogP contribution >= 0.6 is 0 Å². The zero-order valence-corrected chi connectivity index (χ0v) is 14.6. The number of amides is 1. The second kappa shape index (κ2) is 6.90. The van der Waals surface area contributed by atoms with Crippen LogP contribution in [0.25, 0.3) is 0 Å². The average molecular weight is 354 g/mol. The van der Waals surface area contributed by atoms with Gasteiger partial charge in [0.1, 0.15) is 0 Å². The molecule has 0 atom stereocenters. The molecule has 0 unspecified atom stereocenters. The van der Waals surface area contributed by atoms with E-state index in [1.165, 1.54) is 20.2 Å². The van der Waals surface area contributed by atoms with Gasteiger partial charge in [0.05, 0.1) is 10.3 Å². The van der Waals surface area contributed by atoms with Crippen molar-refractivity contribution in [3.05, 3.63) is 29.8 Å². The predicted molar refractivity (Wildman–Crippen MR) is 87.7 cm³/mol. The lowest BCUT2D eigenvalue weighted by Gasteiger charge is -2.36. The van der Waals surface area contributed by atoms with Crippen molar-refractivity contribution in [1.29, 1.82) is 0 Å². The van der Waals surface area contributed by atoms with Gasteiger partial charge in [0.2, 0.25) is 15.9 Å². The van der Waals surface area contributed by atoms with Gasteiger partial charge in [-0.2, -0.15) is 0 Å². The summed E-state index contributed by atoms with van der Waals surface area (Å²) in [7, 11) is -0.725. The van der Waals surface area contributed by atoms with Crippen LogP contribution in [-0.4, -0.2) is 43.8 Å². The summed E-state index contributed by atoms with van der Waals surface area (Å²) in [6, 6.07) is 6.44. The Morgan fingerprint density at radius 2 is 1.88 bits per heavy atom. The van der Waals surface area contributed by atoms with E-state index in [4.69, 9.17) is 0 Å². The van der Waals surface area contributed by atoms with Gasteiger partial charge in [-0.25, -0.2) is 12.7 Å². The highest BCUT2D eigenvalue weighted by molar-refractivity contribution is 7.89. The van der Waals surface area contributed by atoms with Gasteiger partial charge in [-0.05, 0) is 24.5 Å². The average Bonchev–Trinajstić information content (AvgIpc) is 2.48. The fourth-order valence-corrected chi connectivity index (χ4v) is 3.85. The summed E-state index contributed by atoms with van der Waals surface area (Å²) in [5, 5.41) is 11.9. The van der Waals surface area contributed by atoms with Crippen LogP contribution in [0.15, 0.2) is 29.2 Å². The molecule has 1 aromatic carbocycles. The number of carbonyl (C=O) groups is 2. The van der Waals surface area contributed by atoms with Crippen molar-refractivity contribution in [2.75, 3.05) is 14.1 Å². The molecule has 0 aliphatic heterocycles. The van der Waals surface area contributed by atoms with E-state index in [1.54, 1.807) is 18.2 Å². The molecule has 1 aliphatic rings. The first-order valence-corrected chi connectivity index (χ1v) is 9.14. The van der Waals surface area contributed by atoms with Gasteiger partial charge >= 0.3 is 5.97 Å². The fraction of sp³-hybridized carbons (Fsp3) is 0.500. The molecule has 1 aliphatic carbocycles. The minimum absolute atomic E-state index is 0.0395. The van der Waals surface area contributed by atoms with Crippen LogP contribution in [0.5, 0.6) is 0 Å². The number of aliphatic carboxylic acids is 1. The van der Waals surface area contributed by atoms with Crippen molar-refractivity contribution in [3.8, 4) is 0 Å². The molecule has 0 aromatic heterocycles. The fourth-order valence-electron chi connectivity index (χ4n) is 2.73. The molecule has 2 rings (SSSR count). The molecule has 1 saturated carbocycles. The van der Waals surface area contributed by atoms with Gasteiger partial charge in [0.15, 0.2) is 0 Å². The molecule has 0 bridgehead atoms. The van der Waals surface area contributed by atoms with Gasteiger partial charge in [-0.3, -0.25) is 9.59 Å². The van der Waals surface area contributed by atoms with Crippen LogP contribution < -0.4 is 5.32 Å². The third-order valence-corrected chi connectivity index (χ3v) is 6.39. The third kappa shape index (κ3) is 3.59. The van der Waals surface area contributed by atoms with Crippen molar-refractivity contribution in [2.45, 2.75) is 37.1 Å². The maximum atomic E-state index is 12.3. The monoisotopic (exact) mass is 354 g/mol. The van der Waals surface area contributed by atoms with E-state index in [2.05, 4.69) is 5.32 Å². The van der Waals surface area contributed by atoms with Crippen LogP contribution in [0, 0.1) is 5.41 Å². The van der Waals surface area contributed by atoms with E-state index < -0.39 is 21.4 Å². The van der Waals surface area contributed by atoms with E-state index in [0.29, 0.717) is 18.4 Å². The number of nitrogens with one attached hydrogen (secondary N) is 1. The topological polar surface area (TPSA) is 104 Å². The summed E-state index contributed by atoms with van der Waals surface area (Å²) in [4.78, 5) is 23.5. The minimum Gasteiger partial charge on any atom is -0.481 e. The molecule has 132 valence electrons. The number of hydrogen-bond acceptors (Lipinski definition) is 4. The Labute approximate surface area is 141 Å². The molecule has 7 nitrogen and oxygen atoms in total. The zero-order chi connectivity index (χ0) is 18.0. The standard InChI is InChI=1S/C16H22N2O5S/c1-18(2)24(22,23)13-7-4-3-6-12(13)11-17-14(19)10-16(15(20)21)8-5-9-16/h3-4,6-7H,5,8-11H2,1-2H3,(H,17,19)(H,20,21). The van der Waals surface area contributed by atoms with Crippen molar-refractivity contribution < 1.29 is 23.1 Å². The maximum absolute atomic E-state index is 12.3. The van der Waals surface area contributed by atoms with Crippen LogP contribution in [0.1, 0.15) is 31.2 Å². The van der Waals surface area contributed by atoms with Gasteiger partial charge in [-0.15, -0.1) is 0 Å². The highest BCUT2D eigenvalue weighted by Gasteiger charge is 2.45. The number of nitrogens with zero attached hydrogens (tertiary/aromatic N) is 1. The Balaban J connectivity index is 2.08. The van der Waals surface area contributed by atoms with E-state index in [-0.39, 0.29) is 23.8 Å². The first-order valence-electron chi connectivity index (χ1n) is 7.69. The van der Waals surface area contributed by atoms with Crippen LogP contribution in [0.2, 0.25) is 0 Å². The highest BCUT2D eigenvalue weighted by atomic mass is 32.2. The molecule has 1 amide bonds. The molecule has 24 heavy (non-hydrogen) atoms. The number of hydrogen-bond donors (Lipinski definition) is 2. The van der Waals surface area contributed by atoms with Crippen LogP contribution in [0.3, 0.4) is 0 Å². The largest absolute Gasteiger partial charge is 0.481 e. The minimum atomic E-state index is -3.61. The van der Waals surface area contributed by atoms with Crippen molar-refractivity contribution in [2.24, 2.45) is 5.41 Å². The number of sulfonamides is 1. The summed E-state index contributed by atoms with van der Waals surface area (Å²) in [6.07, 6.45) is 1.73. The Hall–Kier alpha value is -1.93. The van der Waals surface area contributed by atoms with Crippen molar-refractivity contribution in [1.82, 2.24) is 9.62 Å². The highest BCUT2D eigenvalue weighted by Crippen LogP contribution is 2.44. The number of carboxylic acid groups (broad SMARTS) is 1. The lowest BCUT2D eigenvalue weighted by Crippen LogP contribution is -2.42. The Bertz CT molecular complexity index is 739. The Morgan fingerprint density at radius 1 is 1.25 bits per heavy atom. The van der Waals surface area contributed by atoms with E-state index in [9.17, 15) is 23.1 Å². The van der Waals surface area contributed by atoms with E-state index in [1.807, 2.05) is 0 Å². The lowest BCUT2D eigenvalue weighted by atomic mass is 9.66. The number of benzene rings is 1. The van der Waals surface area contributed by atoms with Gasteiger partial charge < -0.3 is 10.4 Å². The number of carbonyl (C=O) groups excluding carboxylic acids is 1. The van der Waals surface area contributed by atoms with Crippen molar-refractivity contribution >= 4 is 21.9 Å². The smallest absolute Gasteiger partial charge is 0.310 e. The maximum Gasteiger partial charge on any atom is 0.310 e. The summed E-state index contributed by atoms with van der Waals surface area (Å²) in [5.41, 5.74) is -0.489. The number of rotatable bonds is 7. The summed E-state index contributed by atoms with van der Waals surface area (Å²) in [6.45, 7) is 0.0395. The molecule has 0 radical (unpaired) electrons. The summed E-state index contributed by atoms with van der Waals surface area (Å²) in [5.74, 6) is -1.33. The zero-order valence-electron chi connectivity index (χ0n) is 13.8. The molecular formula is C16H22N2O5S. The Morgan fingerprint density at radius 3 is 2.38 bits per heavy atom. The van der Waals surface area contributed by atoms with Crippen molar-refractivity contribution in [3.63, 3.8) is 0 Å². The van der Waals surface area contributed by atoms with Gasteiger partial charge in [-0.1, -0.05) is 24.6 Å². The molecule has 2 N–H and O–H groups in total. The van der Waals surface area contributed by atoms with E-state index in [0.717, 1.165) is 10.7 Å². The molecule has 0 spiro atoms. The van der Waals surface area contributed by atoms with E-state index >= 15 is 0 Å². The quantitative estimate of drug-likeness (QED) is 0.766. The molecule has 1 aromatic rings. The molecule has 8 heteroatoms. The SMILES string of the molecule is CN(C)S(=O)(=O)c1ccccc1CNC(=O)CC1(C(=O)O)CCC1. The van der Waals surface area contributed by atoms with Gasteiger partial charge in [0, 0.05) is 27.1 Å². The van der Waals surface area contributed by atoms with Crippen LogP contribution in [0.4, 0.5) is 0 Å².